The van der Waals surface area contributed by atoms with E-state index in [2.05, 4.69) is 34.3 Å². The number of benzene rings is 2. The van der Waals surface area contributed by atoms with E-state index in [1.165, 1.54) is 4.88 Å². The summed E-state index contributed by atoms with van der Waals surface area (Å²) in [5.74, 6) is 1.62. The van der Waals surface area contributed by atoms with Crippen LogP contribution in [-0.2, 0) is 0 Å². The van der Waals surface area contributed by atoms with Gasteiger partial charge in [0.25, 0.3) is 0 Å². The van der Waals surface area contributed by atoms with Gasteiger partial charge in [0.15, 0.2) is 0 Å². The summed E-state index contributed by atoms with van der Waals surface area (Å²) in [4.78, 5) is 11.1. The molecule has 2 heterocycles. The second-order valence-corrected chi connectivity index (χ2v) is 7.11. The smallest absolute Gasteiger partial charge is 0.143 e. The van der Waals surface area contributed by atoms with Gasteiger partial charge in [0.2, 0.25) is 0 Å². The SMILES string of the molecule is COc1ccc(-c2c(C)sc3ncnc(Nc4ccc(N)cc4)c23)cc1. The zero-order valence-corrected chi connectivity index (χ0v) is 15.3. The Morgan fingerprint density at radius 1 is 1.00 bits per heavy atom. The number of hydrogen-bond acceptors (Lipinski definition) is 6. The van der Waals surface area contributed by atoms with E-state index in [0.717, 1.165) is 44.3 Å². The monoisotopic (exact) mass is 362 g/mol. The summed E-state index contributed by atoms with van der Waals surface area (Å²) in [6.45, 7) is 2.11. The Hall–Kier alpha value is -3.12. The van der Waals surface area contributed by atoms with E-state index in [0.29, 0.717) is 0 Å². The molecule has 0 aliphatic carbocycles. The number of rotatable bonds is 4. The normalized spacial score (nSPS) is 10.8. The molecule has 6 heteroatoms. The molecule has 26 heavy (non-hydrogen) atoms. The molecule has 0 saturated heterocycles. The fraction of sp³-hybridized carbons (Fsp3) is 0.100. The largest absolute Gasteiger partial charge is 0.497 e. The molecule has 2 aromatic heterocycles. The second-order valence-electron chi connectivity index (χ2n) is 5.91. The molecule has 0 amide bonds. The van der Waals surface area contributed by atoms with E-state index in [-0.39, 0.29) is 0 Å². The van der Waals surface area contributed by atoms with Gasteiger partial charge in [-0.05, 0) is 48.9 Å². The number of hydrogen-bond donors (Lipinski definition) is 2. The van der Waals surface area contributed by atoms with E-state index in [1.807, 2.05) is 36.4 Å². The number of nitrogens with zero attached hydrogens (tertiary/aromatic N) is 2. The molecule has 130 valence electrons. The van der Waals surface area contributed by atoms with E-state index >= 15 is 0 Å². The van der Waals surface area contributed by atoms with Crippen molar-refractivity contribution >= 4 is 38.7 Å². The highest BCUT2D eigenvalue weighted by molar-refractivity contribution is 7.19. The fourth-order valence-corrected chi connectivity index (χ4v) is 3.96. The van der Waals surface area contributed by atoms with Crippen molar-refractivity contribution < 1.29 is 4.74 Å². The first-order valence-electron chi connectivity index (χ1n) is 8.17. The summed E-state index contributed by atoms with van der Waals surface area (Å²) >= 11 is 1.67. The molecule has 0 spiro atoms. The molecule has 0 aliphatic rings. The van der Waals surface area contributed by atoms with Gasteiger partial charge in [0.05, 0.1) is 12.5 Å². The van der Waals surface area contributed by atoms with Gasteiger partial charge in [0, 0.05) is 21.8 Å². The van der Waals surface area contributed by atoms with Gasteiger partial charge in [-0.2, -0.15) is 0 Å². The number of fused-ring (bicyclic) bond motifs is 1. The van der Waals surface area contributed by atoms with Crippen LogP contribution in [0.3, 0.4) is 0 Å². The molecule has 2 aromatic carbocycles. The topological polar surface area (TPSA) is 73.1 Å². The van der Waals surface area contributed by atoms with Gasteiger partial charge in [0.1, 0.15) is 22.7 Å². The number of aryl methyl sites for hydroxylation is 1. The lowest BCUT2D eigenvalue weighted by Gasteiger charge is -2.10. The molecule has 0 aliphatic heterocycles. The lowest BCUT2D eigenvalue weighted by atomic mass is 10.0. The van der Waals surface area contributed by atoms with Crippen LogP contribution in [0.1, 0.15) is 4.88 Å². The summed E-state index contributed by atoms with van der Waals surface area (Å²) in [5.41, 5.74) is 9.70. The second kappa shape index (κ2) is 6.65. The zero-order chi connectivity index (χ0) is 18.1. The predicted octanol–water partition coefficient (Wildman–Crippen LogP) is 5.00. The minimum atomic E-state index is 0.730. The van der Waals surface area contributed by atoms with Crippen LogP contribution in [0.2, 0.25) is 0 Å². The number of ether oxygens (including phenoxy) is 1. The molecule has 0 atom stereocenters. The minimum absolute atomic E-state index is 0.730. The van der Waals surface area contributed by atoms with Crippen LogP contribution < -0.4 is 15.8 Å². The van der Waals surface area contributed by atoms with E-state index in [1.54, 1.807) is 24.8 Å². The molecular weight excluding hydrogens is 344 g/mol. The molecule has 0 bridgehead atoms. The first kappa shape index (κ1) is 16.4. The third-order valence-corrected chi connectivity index (χ3v) is 5.23. The van der Waals surface area contributed by atoms with Crippen LogP contribution in [0.5, 0.6) is 5.75 Å². The van der Waals surface area contributed by atoms with Crippen LogP contribution in [-0.4, -0.2) is 17.1 Å². The van der Waals surface area contributed by atoms with Crippen LogP contribution >= 0.6 is 11.3 Å². The van der Waals surface area contributed by atoms with Gasteiger partial charge in [-0.3, -0.25) is 0 Å². The first-order valence-corrected chi connectivity index (χ1v) is 8.98. The third-order valence-electron chi connectivity index (χ3n) is 4.22. The van der Waals surface area contributed by atoms with Crippen molar-refractivity contribution in [3.63, 3.8) is 0 Å². The predicted molar refractivity (Wildman–Crippen MR) is 108 cm³/mol. The van der Waals surface area contributed by atoms with Crippen LogP contribution in [0, 0.1) is 6.92 Å². The maximum atomic E-state index is 5.78. The summed E-state index contributed by atoms with van der Waals surface area (Å²) in [7, 11) is 1.67. The zero-order valence-electron chi connectivity index (χ0n) is 14.5. The average molecular weight is 362 g/mol. The van der Waals surface area contributed by atoms with E-state index < -0.39 is 0 Å². The van der Waals surface area contributed by atoms with Crippen molar-refractivity contribution in [3.05, 3.63) is 59.7 Å². The molecule has 0 saturated carbocycles. The Morgan fingerprint density at radius 3 is 2.42 bits per heavy atom. The first-order chi connectivity index (χ1) is 12.7. The van der Waals surface area contributed by atoms with Crippen molar-refractivity contribution in [2.75, 3.05) is 18.2 Å². The molecule has 5 nitrogen and oxygen atoms in total. The van der Waals surface area contributed by atoms with Crippen molar-refractivity contribution in [1.82, 2.24) is 9.97 Å². The van der Waals surface area contributed by atoms with Crippen molar-refractivity contribution in [2.45, 2.75) is 6.92 Å². The average Bonchev–Trinajstić information content (AvgIpc) is 3.00. The summed E-state index contributed by atoms with van der Waals surface area (Å²) in [5, 5.41) is 4.42. The highest BCUT2D eigenvalue weighted by atomic mass is 32.1. The Balaban J connectivity index is 1.84. The minimum Gasteiger partial charge on any atom is -0.497 e. The van der Waals surface area contributed by atoms with Crippen molar-refractivity contribution in [2.24, 2.45) is 0 Å². The van der Waals surface area contributed by atoms with Gasteiger partial charge < -0.3 is 15.8 Å². The summed E-state index contributed by atoms with van der Waals surface area (Å²) in [6.07, 6.45) is 1.59. The number of thiophene rings is 1. The number of nitrogens with one attached hydrogen (secondary N) is 1. The molecule has 4 aromatic rings. The van der Waals surface area contributed by atoms with E-state index in [9.17, 15) is 0 Å². The van der Waals surface area contributed by atoms with Crippen molar-refractivity contribution in [1.29, 1.82) is 0 Å². The lowest BCUT2D eigenvalue weighted by Crippen LogP contribution is -1.96. The number of nitrogen functional groups attached to an aromatic ring is 1. The Labute approximate surface area is 155 Å². The quantitative estimate of drug-likeness (QED) is 0.500. The van der Waals surface area contributed by atoms with Gasteiger partial charge in [-0.15, -0.1) is 11.3 Å². The van der Waals surface area contributed by atoms with Gasteiger partial charge >= 0.3 is 0 Å². The number of anilines is 3. The fourth-order valence-electron chi connectivity index (χ4n) is 2.95. The lowest BCUT2D eigenvalue weighted by molar-refractivity contribution is 0.415. The number of aromatic nitrogens is 2. The van der Waals surface area contributed by atoms with Gasteiger partial charge in [-0.25, -0.2) is 9.97 Å². The molecule has 0 unspecified atom stereocenters. The van der Waals surface area contributed by atoms with Crippen LogP contribution in [0.25, 0.3) is 21.3 Å². The van der Waals surface area contributed by atoms with Crippen molar-refractivity contribution in [3.8, 4) is 16.9 Å². The third kappa shape index (κ3) is 2.95. The van der Waals surface area contributed by atoms with E-state index in [4.69, 9.17) is 10.5 Å². The number of methoxy groups -OCH3 is 1. The highest BCUT2D eigenvalue weighted by Crippen LogP contribution is 2.41. The van der Waals surface area contributed by atoms with Crippen LogP contribution in [0.15, 0.2) is 54.9 Å². The Kier molecular flexibility index (Phi) is 4.18. The molecule has 4 rings (SSSR count). The number of nitrogens with two attached hydrogens (primary N) is 1. The standard InChI is InChI=1S/C20H18N4OS/c1-12-17(13-3-9-16(25-2)10-4-13)18-19(22-11-23-20(18)26-12)24-15-7-5-14(21)6-8-15/h3-11H,21H2,1-2H3,(H,22,23,24). The molecular formula is C20H18N4OS. The summed E-state index contributed by atoms with van der Waals surface area (Å²) < 4.78 is 5.27. The Bertz CT molecular complexity index is 1060. The molecule has 0 radical (unpaired) electrons. The highest BCUT2D eigenvalue weighted by Gasteiger charge is 2.17. The maximum absolute atomic E-state index is 5.78. The summed E-state index contributed by atoms with van der Waals surface area (Å²) in [6, 6.07) is 15.7. The Morgan fingerprint density at radius 2 is 1.73 bits per heavy atom. The molecule has 3 N–H and O–H groups in total. The van der Waals surface area contributed by atoms with Gasteiger partial charge in [-0.1, -0.05) is 12.1 Å². The maximum Gasteiger partial charge on any atom is 0.143 e. The molecule has 0 fully saturated rings. The van der Waals surface area contributed by atoms with Crippen LogP contribution in [0.4, 0.5) is 17.2 Å².